The number of allylic oxidation sites excluding steroid dienone is 2. The number of rotatable bonds is 6. The Kier molecular flexibility index (Phi) is 26.0. The van der Waals surface area contributed by atoms with Gasteiger partial charge in [-0.25, -0.2) is 4.31 Å². The van der Waals surface area contributed by atoms with Crippen LogP contribution in [-0.4, -0.2) is 36.4 Å². The Morgan fingerprint density at radius 3 is 1.83 bits per heavy atom. The first-order valence-corrected chi connectivity index (χ1v) is 9.67. The molecule has 0 radical (unpaired) electrons. The van der Waals surface area contributed by atoms with Crippen molar-refractivity contribution in [1.29, 1.82) is 0 Å². The third kappa shape index (κ3) is 19.3. The molecule has 0 aromatic heterocycles. The lowest BCUT2D eigenvalue weighted by atomic mass is 10.1. The summed E-state index contributed by atoms with van der Waals surface area (Å²) in [6.07, 6.45) is 5.10. The van der Waals surface area contributed by atoms with Crippen molar-refractivity contribution < 1.29 is 0 Å². The average Bonchev–Trinajstić information content (AvgIpc) is 2.63. The van der Waals surface area contributed by atoms with Crippen LogP contribution in [-0.2, 0) is 13.0 Å². The van der Waals surface area contributed by atoms with E-state index in [1.807, 2.05) is 53.7 Å². The van der Waals surface area contributed by atoms with Gasteiger partial charge in [0.1, 0.15) is 0 Å². The largest absolute Gasteiger partial charge is 0.308 e. The van der Waals surface area contributed by atoms with E-state index in [2.05, 4.69) is 67.3 Å². The van der Waals surface area contributed by atoms with Gasteiger partial charge in [0.15, 0.2) is 0 Å². The molecule has 0 saturated heterocycles. The molecule has 0 heterocycles. The second-order valence-corrected chi connectivity index (χ2v) is 5.60. The van der Waals surface area contributed by atoms with Gasteiger partial charge in [-0.05, 0) is 45.5 Å². The number of hydrogen-bond acceptors (Lipinski definition) is 3. The van der Waals surface area contributed by atoms with Gasteiger partial charge >= 0.3 is 0 Å². The van der Waals surface area contributed by atoms with Crippen LogP contribution >= 0.6 is 12.8 Å². The zero-order valence-corrected chi connectivity index (χ0v) is 18.5. The second kappa shape index (κ2) is 22.2. The monoisotopic (exact) mass is 354 g/mol. The number of likely N-dealkylation sites (N-methyl/N-ethyl adjacent to an activating group) is 1. The molecule has 0 bridgehead atoms. The number of hydrogen-bond donors (Lipinski definition) is 1. The maximum atomic E-state index is 4.49. The van der Waals surface area contributed by atoms with Crippen LogP contribution in [0.15, 0.2) is 36.4 Å². The quantitative estimate of drug-likeness (QED) is 0.487. The molecule has 0 amide bonds. The summed E-state index contributed by atoms with van der Waals surface area (Å²) < 4.78 is 2.06. The fourth-order valence-corrected chi connectivity index (χ4v) is 1.81. The molecule has 1 aromatic rings. The highest BCUT2D eigenvalue weighted by molar-refractivity contribution is 7.77. The minimum atomic E-state index is 0.908. The van der Waals surface area contributed by atoms with Crippen molar-refractivity contribution in [1.82, 2.24) is 9.21 Å². The highest BCUT2D eigenvalue weighted by Crippen LogP contribution is 2.10. The fourth-order valence-electron chi connectivity index (χ4n) is 1.55. The van der Waals surface area contributed by atoms with Gasteiger partial charge in [-0.1, -0.05) is 83.9 Å². The van der Waals surface area contributed by atoms with E-state index in [1.165, 1.54) is 11.1 Å². The molecule has 0 spiro atoms. The van der Waals surface area contributed by atoms with E-state index in [1.54, 1.807) is 0 Å². The van der Waals surface area contributed by atoms with Crippen molar-refractivity contribution in [3.63, 3.8) is 0 Å². The van der Waals surface area contributed by atoms with Crippen molar-refractivity contribution >= 4 is 12.8 Å². The van der Waals surface area contributed by atoms with E-state index in [4.69, 9.17) is 0 Å². The molecular formula is C21H42N2S. The van der Waals surface area contributed by atoms with Crippen LogP contribution in [0.1, 0.15) is 59.6 Å². The summed E-state index contributed by atoms with van der Waals surface area (Å²) in [7, 11) is 4.17. The highest BCUT2D eigenvalue weighted by atomic mass is 32.1. The van der Waals surface area contributed by atoms with Crippen LogP contribution in [0.5, 0.6) is 0 Å². The van der Waals surface area contributed by atoms with Crippen molar-refractivity contribution in [2.45, 2.75) is 61.4 Å². The van der Waals surface area contributed by atoms with Crippen molar-refractivity contribution in [3.05, 3.63) is 47.5 Å². The maximum absolute atomic E-state index is 4.49. The van der Waals surface area contributed by atoms with E-state index in [0.717, 1.165) is 26.1 Å². The van der Waals surface area contributed by atoms with Gasteiger partial charge in [-0.15, -0.1) is 0 Å². The normalized spacial score (nSPS) is 9.67. The zero-order valence-electron chi connectivity index (χ0n) is 17.6. The lowest BCUT2D eigenvalue weighted by molar-refractivity contribution is 0.350. The first-order chi connectivity index (χ1) is 11.5. The van der Waals surface area contributed by atoms with E-state index >= 15 is 0 Å². The molecule has 0 atom stereocenters. The third-order valence-electron chi connectivity index (χ3n) is 2.90. The Balaban J connectivity index is -0.000000471. The molecule has 0 aliphatic rings. The molecule has 1 rings (SSSR count). The van der Waals surface area contributed by atoms with E-state index in [-0.39, 0.29) is 0 Å². The van der Waals surface area contributed by atoms with Crippen LogP contribution in [0.25, 0.3) is 0 Å². The van der Waals surface area contributed by atoms with Gasteiger partial charge in [0.25, 0.3) is 0 Å². The van der Waals surface area contributed by atoms with Crippen LogP contribution in [0, 0.1) is 0 Å². The summed E-state index contributed by atoms with van der Waals surface area (Å²) in [5.74, 6) is 0. The first kappa shape index (κ1) is 28.1. The molecule has 0 N–H and O–H groups in total. The van der Waals surface area contributed by atoms with Gasteiger partial charge < -0.3 is 4.90 Å². The molecule has 0 fully saturated rings. The predicted octanol–water partition coefficient (Wildman–Crippen LogP) is 6.09. The van der Waals surface area contributed by atoms with Gasteiger partial charge in [-0.3, -0.25) is 0 Å². The van der Waals surface area contributed by atoms with Crippen LogP contribution < -0.4 is 0 Å². The minimum Gasteiger partial charge on any atom is -0.308 e. The summed E-state index contributed by atoms with van der Waals surface area (Å²) in [6, 6.07) is 8.73. The Morgan fingerprint density at radius 1 is 0.917 bits per heavy atom. The van der Waals surface area contributed by atoms with Crippen LogP contribution in [0.4, 0.5) is 0 Å². The number of aryl methyl sites for hydroxylation is 1. The summed E-state index contributed by atoms with van der Waals surface area (Å²) in [5.41, 5.74) is 2.74. The summed E-state index contributed by atoms with van der Waals surface area (Å²) in [5, 5.41) is 0. The molecule has 24 heavy (non-hydrogen) atoms. The van der Waals surface area contributed by atoms with Gasteiger partial charge in [0.2, 0.25) is 0 Å². The van der Waals surface area contributed by atoms with Gasteiger partial charge in [-0.2, -0.15) is 0 Å². The number of benzene rings is 1. The maximum Gasteiger partial charge on any atom is 0.0339 e. The Morgan fingerprint density at radius 2 is 1.42 bits per heavy atom. The van der Waals surface area contributed by atoms with E-state index in [9.17, 15) is 0 Å². The van der Waals surface area contributed by atoms with Crippen molar-refractivity contribution in [2.24, 2.45) is 0 Å². The Hall–Kier alpha value is -0.770. The molecule has 0 unspecified atom stereocenters. The smallest absolute Gasteiger partial charge is 0.0339 e. The van der Waals surface area contributed by atoms with Crippen molar-refractivity contribution in [2.75, 3.05) is 27.2 Å². The minimum absolute atomic E-state index is 0.908. The number of thiol groups is 1. The second-order valence-electron chi connectivity index (χ2n) is 5.03. The van der Waals surface area contributed by atoms with E-state index in [0.29, 0.717) is 0 Å². The number of nitrogens with zero attached hydrogens (tertiary/aromatic N) is 2. The molecule has 2 nitrogen and oxygen atoms in total. The lowest BCUT2D eigenvalue weighted by Gasteiger charge is -2.18. The Labute approximate surface area is 158 Å². The Bertz CT molecular complexity index is 372. The average molecular weight is 355 g/mol. The van der Waals surface area contributed by atoms with E-state index < -0.39 is 0 Å². The summed E-state index contributed by atoms with van der Waals surface area (Å²) >= 11 is 4.49. The predicted molar refractivity (Wildman–Crippen MR) is 117 cm³/mol. The molecule has 0 saturated carbocycles. The van der Waals surface area contributed by atoms with Crippen LogP contribution in [0.3, 0.4) is 0 Å². The molecule has 3 heteroatoms. The molecule has 1 aromatic carbocycles. The zero-order chi connectivity index (χ0) is 19.4. The highest BCUT2D eigenvalue weighted by Gasteiger charge is 2.02. The standard InChI is InChI=1S/C13H22N2S.C4H8.2C2H6/c1-4-12-6-5-7-13(10-12)11-15(16)9-8-14(2)3;1-3-4-2;2*1-2/h5-7,10,16H,4,8-9,11H2,1-3H3;3-4H,1-2H3;2*1-2H3/b;4-3+;;. The molecule has 0 aliphatic carbocycles. The van der Waals surface area contributed by atoms with Gasteiger partial charge in [0.05, 0.1) is 0 Å². The summed E-state index contributed by atoms with van der Waals surface area (Å²) in [6.45, 7) is 17.1. The molecular weight excluding hydrogens is 312 g/mol. The van der Waals surface area contributed by atoms with Gasteiger partial charge in [0, 0.05) is 19.6 Å². The lowest BCUT2D eigenvalue weighted by Crippen LogP contribution is -2.25. The fraction of sp³-hybridized carbons (Fsp3) is 0.619. The summed E-state index contributed by atoms with van der Waals surface area (Å²) in [4.78, 5) is 2.17. The van der Waals surface area contributed by atoms with Crippen molar-refractivity contribution in [3.8, 4) is 0 Å². The topological polar surface area (TPSA) is 6.48 Å². The third-order valence-corrected chi connectivity index (χ3v) is 3.24. The molecule has 142 valence electrons. The van der Waals surface area contributed by atoms with Crippen LogP contribution in [0.2, 0.25) is 0 Å². The SMILES string of the molecule is C/C=C/C.CC.CC.CCc1cccc(CN(S)CCN(C)C)c1. The first-order valence-electron chi connectivity index (χ1n) is 9.27. The molecule has 0 aliphatic heterocycles.